The Bertz CT molecular complexity index is 929. The molecule has 1 heterocycles. The van der Waals surface area contributed by atoms with Crippen molar-refractivity contribution in [2.24, 2.45) is 5.73 Å². The Morgan fingerprint density at radius 2 is 1.92 bits per heavy atom. The molecule has 0 aliphatic carbocycles. The van der Waals surface area contributed by atoms with Crippen LogP contribution in [0.3, 0.4) is 0 Å². The summed E-state index contributed by atoms with van der Waals surface area (Å²) in [5, 5.41) is 3.95. The first kappa shape index (κ1) is 18.0. The fourth-order valence-electron chi connectivity index (χ4n) is 3.09. The summed E-state index contributed by atoms with van der Waals surface area (Å²) in [6.45, 7) is 5.57. The standard InChI is InChI=1S/C21H24N2O3/c1-13-17-12-16(25-4)10-11-18(17)26-19(13)14(2)23-20(24)21(3,22)15-8-6-5-7-9-15/h5-12,14H,22H2,1-4H3,(H,23,24). The molecule has 5 nitrogen and oxygen atoms in total. The molecule has 1 aromatic heterocycles. The first-order valence-electron chi connectivity index (χ1n) is 8.57. The van der Waals surface area contributed by atoms with Gasteiger partial charge in [0.25, 0.3) is 0 Å². The van der Waals surface area contributed by atoms with Gasteiger partial charge in [0.2, 0.25) is 5.91 Å². The number of amides is 1. The number of rotatable bonds is 5. The van der Waals surface area contributed by atoms with Gasteiger partial charge in [-0.25, -0.2) is 0 Å². The van der Waals surface area contributed by atoms with E-state index in [0.29, 0.717) is 5.76 Å². The Morgan fingerprint density at radius 1 is 1.23 bits per heavy atom. The molecular weight excluding hydrogens is 328 g/mol. The smallest absolute Gasteiger partial charge is 0.244 e. The van der Waals surface area contributed by atoms with Crippen molar-refractivity contribution in [3.8, 4) is 5.75 Å². The normalized spacial score (nSPS) is 14.7. The molecule has 1 amide bonds. The van der Waals surface area contributed by atoms with E-state index in [0.717, 1.165) is 27.8 Å². The average Bonchev–Trinajstić information content (AvgIpc) is 2.98. The van der Waals surface area contributed by atoms with Crippen molar-refractivity contribution in [2.45, 2.75) is 32.4 Å². The molecule has 0 aliphatic rings. The van der Waals surface area contributed by atoms with Crippen molar-refractivity contribution in [1.29, 1.82) is 0 Å². The fourth-order valence-corrected chi connectivity index (χ4v) is 3.09. The number of methoxy groups -OCH3 is 1. The van der Waals surface area contributed by atoms with Crippen molar-refractivity contribution < 1.29 is 13.9 Å². The third kappa shape index (κ3) is 3.18. The molecule has 2 atom stereocenters. The van der Waals surface area contributed by atoms with Gasteiger partial charge in [-0.15, -0.1) is 0 Å². The van der Waals surface area contributed by atoms with Crippen LogP contribution in [-0.4, -0.2) is 13.0 Å². The zero-order valence-corrected chi connectivity index (χ0v) is 15.5. The maximum Gasteiger partial charge on any atom is 0.244 e. The van der Waals surface area contributed by atoms with Crippen molar-refractivity contribution in [1.82, 2.24) is 5.32 Å². The molecule has 0 saturated heterocycles. The predicted octanol–water partition coefficient (Wildman–Crippen LogP) is 3.80. The van der Waals surface area contributed by atoms with Crippen LogP contribution in [0.25, 0.3) is 11.0 Å². The third-order valence-corrected chi connectivity index (χ3v) is 4.77. The zero-order valence-electron chi connectivity index (χ0n) is 15.5. The minimum absolute atomic E-state index is 0.256. The molecule has 0 saturated carbocycles. The van der Waals surface area contributed by atoms with Gasteiger partial charge in [0.1, 0.15) is 22.6 Å². The fraction of sp³-hybridized carbons (Fsp3) is 0.286. The van der Waals surface area contributed by atoms with Crippen LogP contribution in [0, 0.1) is 6.92 Å². The van der Waals surface area contributed by atoms with E-state index in [1.54, 1.807) is 14.0 Å². The number of nitrogens with one attached hydrogen (secondary N) is 1. The van der Waals surface area contributed by atoms with Crippen molar-refractivity contribution in [2.75, 3.05) is 7.11 Å². The molecule has 3 rings (SSSR count). The number of benzene rings is 2. The summed E-state index contributed by atoms with van der Waals surface area (Å²) in [4.78, 5) is 12.8. The monoisotopic (exact) mass is 352 g/mol. The van der Waals surface area contributed by atoms with Gasteiger partial charge in [0.15, 0.2) is 0 Å². The predicted molar refractivity (Wildman–Crippen MR) is 102 cm³/mol. The van der Waals surface area contributed by atoms with Gasteiger partial charge in [-0.05, 0) is 44.5 Å². The number of fused-ring (bicyclic) bond motifs is 1. The average molecular weight is 352 g/mol. The summed E-state index contributed by atoms with van der Waals surface area (Å²) in [5.74, 6) is 1.22. The van der Waals surface area contributed by atoms with Crippen LogP contribution in [0.5, 0.6) is 5.75 Å². The van der Waals surface area contributed by atoms with E-state index in [-0.39, 0.29) is 11.9 Å². The summed E-state index contributed by atoms with van der Waals surface area (Å²) >= 11 is 0. The van der Waals surface area contributed by atoms with E-state index in [1.165, 1.54) is 0 Å². The van der Waals surface area contributed by atoms with Crippen molar-refractivity contribution >= 4 is 16.9 Å². The van der Waals surface area contributed by atoms with Gasteiger partial charge in [-0.1, -0.05) is 30.3 Å². The van der Waals surface area contributed by atoms with E-state index >= 15 is 0 Å². The number of nitrogens with two attached hydrogens (primary N) is 1. The van der Waals surface area contributed by atoms with Gasteiger partial charge >= 0.3 is 0 Å². The molecule has 26 heavy (non-hydrogen) atoms. The number of carbonyl (C=O) groups excluding carboxylic acids is 1. The van der Waals surface area contributed by atoms with Gasteiger partial charge in [0.05, 0.1) is 13.2 Å². The Balaban J connectivity index is 1.86. The first-order valence-corrected chi connectivity index (χ1v) is 8.57. The largest absolute Gasteiger partial charge is 0.497 e. The van der Waals surface area contributed by atoms with E-state index in [2.05, 4.69) is 5.32 Å². The highest BCUT2D eigenvalue weighted by molar-refractivity contribution is 5.88. The highest BCUT2D eigenvalue weighted by atomic mass is 16.5. The van der Waals surface area contributed by atoms with Gasteiger partial charge in [-0.3, -0.25) is 4.79 Å². The Kier molecular flexibility index (Phi) is 4.74. The maximum absolute atomic E-state index is 12.8. The summed E-state index contributed by atoms with van der Waals surface area (Å²) in [6, 6.07) is 14.7. The minimum Gasteiger partial charge on any atom is -0.497 e. The highest BCUT2D eigenvalue weighted by Crippen LogP contribution is 2.32. The molecule has 2 aromatic carbocycles. The molecule has 2 unspecified atom stereocenters. The summed E-state index contributed by atoms with van der Waals surface area (Å²) in [6.07, 6.45) is 0. The maximum atomic E-state index is 12.8. The molecule has 5 heteroatoms. The Morgan fingerprint density at radius 3 is 2.58 bits per heavy atom. The van der Waals surface area contributed by atoms with Crippen LogP contribution in [0.4, 0.5) is 0 Å². The summed E-state index contributed by atoms with van der Waals surface area (Å²) in [7, 11) is 1.63. The first-order chi connectivity index (χ1) is 12.3. The molecule has 0 radical (unpaired) electrons. The number of carbonyl (C=O) groups is 1. The van der Waals surface area contributed by atoms with E-state index in [1.807, 2.05) is 62.4 Å². The number of furan rings is 1. The number of aryl methyl sites for hydroxylation is 1. The van der Waals surface area contributed by atoms with Gasteiger partial charge < -0.3 is 20.2 Å². The summed E-state index contributed by atoms with van der Waals surface area (Å²) in [5.41, 5.74) is 7.67. The lowest BCUT2D eigenvalue weighted by Crippen LogP contribution is -2.49. The molecule has 0 bridgehead atoms. The third-order valence-electron chi connectivity index (χ3n) is 4.77. The number of ether oxygens (including phenoxy) is 1. The minimum atomic E-state index is -1.13. The highest BCUT2D eigenvalue weighted by Gasteiger charge is 2.32. The van der Waals surface area contributed by atoms with Gasteiger partial charge in [-0.2, -0.15) is 0 Å². The molecule has 0 spiro atoms. The topological polar surface area (TPSA) is 77.5 Å². The van der Waals surface area contributed by atoms with Crippen LogP contribution in [0.1, 0.15) is 36.8 Å². The van der Waals surface area contributed by atoms with Crippen LogP contribution in [-0.2, 0) is 10.3 Å². The molecule has 3 aromatic rings. The number of hydrogen-bond acceptors (Lipinski definition) is 4. The van der Waals surface area contributed by atoms with E-state index in [4.69, 9.17) is 14.9 Å². The lowest BCUT2D eigenvalue weighted by molar-refractivity contribution is -0.126. The SMILES string of the molecule is COc1ccc2oc(C(C)NC(=O)C(C)(N)c3ccccc3)c(C)c2c1. The van der Waals surface area contributed by atoms with Crippen LogP contribution in [0.15, 0.2) is 52.9 Å². The van der Waals surface area contributed by atoms with Crippen molar-refractivity contribution in [3.63, 3.8) is 0 Å². The van der Waals surface area contributed by atoms with E-state index in [9.17, 15) is 4.79 Å². The Hall–Kier alpha value is -2.79. The second kappa shape index (κ2) is 6.84. The molecule has 0 fully saturated rings. The quantitative estimate of drug-likeness (QED) is 0.732. The van der Waals surface area contributed by atoms with Gasteiger partial charge in [0, 0.05) is 10.9 Å². The lowest BCUT2D eigenvalue weighted by Gasteiger charge is -2.26. The number of hydrogen-bond donors (Lipinski definition) is 2. The second-order valence-electron chi connectivity index (χ2n) is 6.72. The summed E-state index contributed by atoms with van der Waals surface area (Å²) < 4.78 is 11.2. The molecule has 136 valence electrons. The molecular formula is C21H24N2O3. The van der Waals surface area contributed by atoms with E-state index < -0.39 is 5.54 Å². The molecule has 3 N–H and O–H groups in total. The zero-order chi connectivity index (χ0) is 18.9. The van der Waals surface area contributed by atoms with Crippen molar-refractivity contribution in [3.05, 3.63) is 65.4 Å². The van der Waals surface area contributed by atoms with Crippen LogP contribution in [0.2, 0.25) is 0 Å². The van der Waals surface area contributed by atoms with Crippen LogP contribution >= 0.6 is 0 Å². The molecule has 0 aliphatic heterocycles. The lowest BCUT2D eigenvalue weighted by atomic mass is 9.92. The van der Waals surface area contributed by atoms with Crippen LogP contribution < -0.4 is 15.8 Å². The Labute approximate surface area is 153 Å². The second-order valence-corrected chi connectivity index (χ2v) is 6.72.